The number of benzene rings is 2. The summed E-state index contributed by atoms with van der Waals surface area (Å²) in [6.07, 6.45) is 1.88. The zero-order valence-electron chi connectivity index (χ0n) is 13.7. The Morgan fingerprint density at radius 3 is 2.88 bits per heavy atom. The maximum absolute atomic E-state index is 15.0. The quantitative estimate of drug-likeness (QED) is 0.752. The van der Waals surface area contributed by atoms with Crippen LogP contribution in [-0.4, -0.2) is 28.4 Å². The van der Waals surface area contributed by atoms with Crippen LogP contribution in [0.5, 0.6) is 11.5 Å². The van der Waals surface area contributed by atoms with Gasteiger partial charge in [-0.3, -0.25) is 13.8 Å². The smallest absolute Gasteiger partial charge is 0.253 e. The maximum Gasteiger partial charge on any atom is 0.253 e. The van der Waals surface area contributed by atoms with E-state index in [0.717, 1.165) is 10.7 Å². The van der Waals surface area contributed by atoms with Crippen molar-refractivity contribution in [2.75, 3.05) is 17.5 Å². The van der Waals surface area contributed by atoms with Crippen molar-refractivity contribution in [1.29, 1.82) is 5.26 Å². The van der Waals surface area contributed by atoms with E-state index in [1.54, 1.807) is 12.1 Å². The number of unbranched alkanes of at least 4 members (excludes halogenated alkanes) is 2. The highest BCUT2D eigenvalue weighted by molar-refractivity contribution is 7.85. The second kappa shape index (κ2) is 7.58. The fourth-order valence-electron chi connectivity index (χ4n) is 2.67. The second-order valence-electron chi connectivity index (χ2n) is 5.72. The summed E-state index contributed by atoms with van der Waals surface area (Å²) in [6.45, 7) is 0.0893. The third-order valence-corrected chi connectivity index (χ3v) is 5.01. The molecule has 1 aliphatic rings. The summed E-state index contributed by atoms with van der Waals surface area (Å²) in [7, 11) is 0. The summed E-state index contributed by atoms with van der Waals surface area (Å²) in [5.41, 5.74) is -0.291. The fraction of sp³-hybridized carbons (Fsp3) is 0.294. The van der Waals surface area contributed by atoms with Gasteiger partial charge in [0.1, 0.15) is 23.7 Å². The van der Waals surface area contributed by atoms with Gasteiger partial charge in [0, 0.05) is 11.8 Å². The SMILES string of the molecule is N#CCCCCOc1ccc2cc(O)c(N3CC(=O)NS3=O)c(F)c2c1. The average molecular weight is 377 g/mol. The number of fused-ring (bicyclic) bond motifs is 1. The van der Waals surface area contributed by atoms with Crippen molar-refractivity contribution < 1.29 is 23.2 Å². The standard InChI is InChI=1S/C17H16FN3O4S/c18-16-13-9-12(25-7-3-1-2-6-19)5-4-11(13)8-14(22)17(16)21-10-15(23)20-26(21)24/h4-5,8-9,22H,1-3,7,10H2,(H,20,23). The molecular weight excluding hydrogens is 361 g/mol. The molecule has 0 aliphatic carbocycles. The molecule has 26 heavy (non-hydrogen) atoms. The highest BCUT2D eigenvalue weighted by Crippen LogP contribution is 2.38. The van der Waals surface area contributed by atoms with Gasteiger partial charge in [0.15, 0.2) is 5.82 Å². The highest BCUT2D eigenvalue weighted by atomic mass is 32.2. The summed E-state index contributed by atoms with van der Waals surface area (Å²) in [6, 6.07) is 8.16. The lowest BCUT2D eigenvalue weighted by Crippen LogP contribution is -2.23. The van der Waals surface area contributed by atoms with Crippen molar-refractivity contribution in [3.05, 3.63) is 30.1 Å². The summed E-state index contributed by atoms with van der Waals surface area (Å²) < 4.78 is 35.6. The van der Waals surface area contributed by atoms with Crippen LogP contribution in [0, 0.1) is 17.1 Å². The van der Waals surface area contributed by atoms with E-state index in [0.29, 0.717) is 30.6 Å². The summed E-state index contributed by atoms with van der Waals surface area (Å²) in [5, 5.41) is 19.3. The lowest BCUT2D eigenvalue weighted by Gasteiger charge is -2.17. The predicted octanol–water partition coefficient (Wildman–Crippen LogP) is 2.27. The van der Waals surface area contributed by atoms with Crippen molar-refractivity contribution in [3.8, 4) is 17.6 Å². The molecule has 1 atom stereocenters. The predicted molar refractivity (Wildman–Crippen MR) is 94.2 cm³/mol. The fourth-order valence-corrected chi connectivity index (χ4v) is 3.61. The average Bonchev–Trinajstić information content (AvgIpc) is 2.93. The molecule has 0 radical (unpaired) electrons. The van der Waals surface area contributed by atoms with E-state index in [2.05, 4.69) is 10.8 Å². The summed E-state index contributed by atoms with van der Waals surface area (Å²) in [5.74, 6) is -1.25. The van der Waals surface area contributed by atoms with E-state index < -0.39 is 28.6 Å². The number of nitriles is 1. The van der Waals surface area contributed by atoms with Crippen molar-refractivity contribution in [3.63, 3.8) is 0 Å². The number of nitrogens with one attached hydrogen (secondary N) is 1. The van der Waals surface area contributed by atoms with Gasteiger partial charge in [-0.2, -0.15) is 5.26 Å². The molecule has 7 nitrogen and oxygen atoms in total. The molecule has 2 aromatic carbocycles. The number of aromatic hydroxyl groups is 1. The first-order valence-corrected chi connectivity index (χ1v) is 9.06. The number of carbonyl (C=O) groups excluding carboxylic acids is 1. The Morgan fingerprint density at radius 1 is 1.38 bits per heavy atom. The number of hydrogen-bond acceptors (Lipinski definition) is 5. The van der Waals surface area contributed by atoms with Crippen LogP contribution in [0.4, 0.5) is 10.1 Å². The van der Waals surface area contributed by atoms with E-state index in [-0.39, 0.29) is 17.6 Å². The van der Waals surface area contributed by atoms with E-state index in [1.165, 1.54) is 12.1 Å². The minimum Gasteiger partial charge on any atom is -0.506 e. The van der Waals surface area contributed by atoms with E-state index in [9.17, 15) is 18.5 Å². The third-order valence-electron chi connectivity index (χ3n) is 3.89. The first-order valence-electron chi connectivity index (χ1n) is 7.95. The topological polar surface area (TPSA) is 103 Å². The molecule has 0 aromatic heterocycles. The van der Waals surface area contributed by atoms with E-state index >= 15 is 0 Å². The molecule has 3 rings (SSSR count). The molecule has 2 N–H and O–H groups in total. The monoisotopic (exact) mass is 377 g/mol. The molecule has 0 bridgehead atoms. The molecule has 1 amide bonds. The molecule has 9 heteroatoms. The third kappa shape index (κ3) is 3.55. The normalized spacial score (nSPS) is 16.5. The van der Waals surface area contributed by atoms with Crippen molar-refractivity contribution >= 4 is 33.5 Å². The summed E-state index contributed by atoms with van der Waals surface area (Å²) in [4.78, 5) is 11.4. The Kier molecular flexibility index (Phi) is 5.23. The number of ether oxygens (including phenoxy) is 1. The Bertz CT molecular complexity index is 928. The summed E-state index contributed by atoms with van der Waals surface area (Å²) >= 11 is -1.94. The Labute approximate surface area is 151 Å². The molecular formula is C17H16FN3O4S. The van der Waals surface area contributed by atoms with Gasteiger partial charge in [0.05, 0.1) is 12.7 Å². The molecule has 0 spiro atoms. The second-order valence-corrected chi connectivity index (χ2v) is 6.86. The van der Waals surface area contributed by atoms with Gasteiger partial charge in [-0.25, -0.2) is 8.60 Å². The van der Waals surface area contributed by atoms with Crippen LogP contribution >= 0.6 is 0 Å². The zero-order valence-corrected chi connectivity index (χ0v) is 14.5. The number of halogens is 1. The zero-order chi connectivity index (χ0) is 18.7. The molecule has 136 valence electrons. The first-order chi connectivity index (χ1) is 12.5. The number of amides is 1. The van der Waals surface area contributed by atoms with Crippen molar-refractivity contribution in [2.45, 2.75) is 19.3 Å². The van der Waals surface area contributed by atoms with Gasteiger partial charge in [-0.05, 0) is 36.4 Å². The number of anilines is 1. The number of hydrogen-bond donors (Lipinski definition) is 2. The van der Waals surface area contributed by atoms with Crippen LogP contribution in [-0.2, 0) is 16.0 Å². The van der Waals surface area contributed by atoms with Gasteiger partial charge in [0.25, 0.3) is 5.91 Å². The highest BCUT2D eigenvalue weighted by Gasteiger charge is 2.32. The van der Waals surface area contributed by atoms with Crippen molar-refractivity contribution in [1.82, 2.24) is 4.72 Å². The number of carbonyl (C=O) groups is 1. The van der Waals surface area contributed by atoms with Crippen LogP contribution in [0.25, 0.3) is 10.8 Å². The Balaban J connectivity index is 1.89. The minimum absolute atomic E-state index is 0.184. The van der Waals surface area contributed by atoms with Crippen molar-refractivity contribution in [2.24, 2.45) is 0 Å². The largest absolute Gasteiger partial charge is 0.506 e. The lowest BCUT2D eigenvalue weighted by atomic mass is 10.1. The molecule has 2 aromatic rings. The Morgan fingerprint density at radius 2 is 2.19 bits per heavy atom. The van der Waals surface area contributed by atoms with E-state index in [4.69, 9.17) is 10.00 Å². The van der Waals surface area contributed by atoms with Crippen LogP contribution in [0.3, 0.4) is 0 Å². The Hall–Kier alpha value is -2.86. The molecule has 1 unspecified atom stereocenters. The van der Waals surface area contributed by atoms with Gasteiger partial charge in [-0.15, -0.1) is 0 Å². The van der Waals surface area contributed by atoms with Crippen LogP contribution in [0.1, 0.15) is 19.3 Å². The van der Waals surface area contributed by atoms with Gasteiger partial charge < -0.3 is 9.84 Å². The molecule has 1 saturated heterocycles. The number of phenolic OH excluding ortho intramolecular Hbond substituents is 1. The molecule has 1 heterocycles. The first kappa shape index (κ1) is 17.9. The number of phenols is 1. The molecule has 1 fully saturated rings. The van der Waals surface area contributed by atoms with Gasteiger partial charge in [0.2, 0.25) is 11.2 Å². The van der Waals surface area contributed by atoms with Crippen LogP contribution in [0.2, 0.25) is 0 Å². The van der Waals surface area contributed by atoms with Crippen LogP contribution < -0.4 is 13.8 Å². The van der Waals surface area contributed by atoms with Gasteiger partial charge in [-0.1, -0.05) is 6.07 Å². The molecule has 0 saturated carbocycles. The minimum atomic E-state index is -1.94. The lowest BCUT2D eigenvalue weighted by molar-refractivity contribution is -0.117. The van der Waals surface area contributed by atoms with Crippen LogP contribution in [0.15, 0.2) is 24.3 Å². The maximum atomic E-state index is 15.0. The van der Waals surface area contributed by atoms with E-state index in [1.807, 2.05) is 0 Å². The number of nitrogens with zero attached hydrogens (tertiary/aromatic N) is 2. The van der Waals surface area contributed by atoms with Gasteiger partial charge >= 0.3 is 0 Å². The molecule has 1 aliphatic heterocycles. The number of rotatable bonds is 6.